The third-order valence-electron chi connectivity index (χ3n) is 1.42. The summed E-state index contributed by atoms with van der Waals surface area (Å²) in [6.45, 7) is 0. The van der Waals surface area contributed by atoms with Gasteiger partial charge in [-0.05, 0) is 40.8 Å². The van der Waals surface area contributed by atoms with Gasteiger partial charge in [0, 0.05) is 17.7 Å². The number of hydrogen-bond acceptors (Lipinski definition) is 2. The second-order valence-electron chi connectivity index (χ2n) is 2.53. The minimum Gasteiger partial charge on any atom is -0.506 e. The van der Waals surface area contributed by atoms with E-state index in [1.807, 2.05) is 31.1 Å². The molecule has 0 bridgehead atoms. The van der Waals surface area contributed by atoms with E-state index < -0.39 is 0 Å². The molecular weight excluding hydrogens is 253 g/mol. The third-order valence-corrected chi connectivity index (χ3v) is 2.09. The van der Waals surface area contributed by atoms with E-state index in [4.69, 9.17) is 0 Å². The van der Waals surface area contributed by atoms with Gasteiger partial charge in [-0.2, -0.15) is 0 Å². The van der Waals surface area contributed by atoms with Gasteiger partial charge < -0.3 is 10.0 Å². The number of halogens is 1. The highest BCUT2D eigenvalue weighted by molar-refractivity contribution is 14.1. The minimum atomic E-state index is 0.329. The van der Waals surface area contributed by atoms with Crippen LogP contribution in [0.1, 0.15) is 0 Å². The molecule has 1 N–H and O–H groups in total. The maximum absolute atomic E-state index is 9.36. The first-order valence-corrected chi connectivity index (χ1v) is 4.35. The Morgan fingerprint density at radius 1 is 1.36 bits per heavy atom. The second-order valence-corrected chi connectivity index (χ2v) is 3.77. The summed E-state index contributed by atoms with van der Waals surface area (Å²) in [6, 6.07) is 5.52. The zero-order valence-corrected chi connectivity index (χ0v) is 8.66. The summed E-state index contributed by atoms with van der Waals surface area (Å²) in [7, 11) is 3.82. The largest absolute Gasteiger partial charge is 0.506 e. The van der Waals surface area contributed by atoms with Crippen LogP contribution >= 0.6 is 22.6 Å². The van der Waals surface area contributed by atoms with E-state index in [-0.39, 0.29) is 0 Å². The van der Waals surface area contributed by atoms with Crippen LogP contribution in [0.25, 0.3) is 0 Å². The molecule has 0 radical (unpaired) electrons. The van der Waals surface area contributed by atoms with Gasteiger partial charge in [-0.25, -0.2) is 0 Å². The molecule has 0 amide bonds. The molecule has 0 spiro atoms. The molecule has 1 rings (SSSR count). The van der Waals surface area contributed by atoms with Crippen molar-refractivity contribution < 1.29 is 5.11 Å². The monoisotopic (exact) mass is 263 g/mol. The third kappa shape index (κ3) is 1.99. The summed E-state index contributed by atoms with van der Waals surface area (Å²) in [4.78, 5) is 1.89. The van der Waals surface area contributed by atoms with Crippen LogP contribution in [-0.2, 0) is 0 Å². The second kappa shape index (κ2) is 3.30. The van der Waals surface area contributed by atoms with E-state index in [9.17, 15) is 5.11 Å². The molecular formula is C8H10INO. The highest BCUT2D eigenvalue weighted by Gasteiger charge is 2.01. The van der Waals surface area contributed by atoms with E-state index in [1.54, 1.807) is 6.07 Å². The molecule has 0 aliphatic rings. The molecule has 0 heterocycles. The Kier molecular flexibility index (Phi) is 2.59. The molecule has 0 saturated heterocycles. The molecule has 0 aromatic heterocycles. The SMILES string of the molecule is CN(C)c1cc(I)ccc1O. The molecule has 3 heteroatoms. The zero-order chi connectivity index (χ0) is 8.43. The lowest BCUT2D eigenvalue weighted by atomic mass is 10.3. The summed E-state index contributed by atoms with van der Waals surface area (Å²) in [5, 5.41) is 9.36. The van der Waals surface area contributed by atoms with Crippen LogP contribution in [0.4, 0.5) is 5.69 Å². The molecule has 60 valence electrons. The molecule has 0 aliphatic carbocycles. The summed E-state index contributed by atoms with van der Waals surface area (Å²) in [5.41, 5.74) is 0.858. The molecule has 0 atom stereocenters. The van der Waals surface area contributed by atoms with Gasteiger partial charge in [0.25, 0.3) is 0 Å². The molecule has 0 saturated carbocycles. The van der Waals surface area contributed by atoms with Gasteiger partial charge in [-0.1, -0.05) is 0 Å². The normalized spacial score (nSPS) is 9.73. The van der Waals surface area contributed by atoms with E-state index in [0.717, 1.165) is 9.26 Å². The number of benzene rings is 1. The van der Waals surface area contributed by atoms with Gasteiger partial charge in [0.1, 0.15) is 5.75 Å². The number of phenolic OH excluding ortho intramolecular Hbond substituents is 1. The maximum Gasteiger partial charge on any atom is 0.138 e. The Hall–Kier alpha value is -0.450. The van der Waals surface area contributed by atoms with Crippen molar-refractivity contribution >= 4 is 28.3 Å². The van der Waals surface area contributed by atoms with Gasteiger partial charge in [0.05, 0.1) is 5.69 Å². The molecule has 1 aromatic rings. The van der Waals surface area contributed by atoms with Gasteiger partial charge >= 0.3 is 0 Å². The van der Waals surface area contributed by atoms with Crippen molar-refractivity contribution in [2.24, 2.45) is 0 Å². The smallest absolute Gasteiger partial charge is 0.138 e. The molecule has 2 nitrogen and oxygen atoms in total. The minimum absolute atomic E-state index is 0.329. The number of rotatable bonds is 1. The van der Waals surface area contributed by atoms with Gasteiger partial charge in [-0.3, -0.25) is 0 Å². The Balaban J connectivity index is 3.13. The fourth-order valence-corrected chi connectivity index (χ4v) is 1.33. The van der Waals surface area contributed by atoms with Crippen LogP contribution in [0.5, 0.6) is 5.75 Å². The quantitative estimate of drug-likeness (QED) is 0.784. The van der Waals surface area contributed by atoms with Crippen molar-refractivity contribution in [3.63, 3.8) is 0 Å². The first kappa shape index (κ1) is 8.64. The fraction of sp³-hybridized carbons (Fsp3) is 0.250. The molecule has 11 heavy (non-hydrogen) atoms. The Labute approximate surface area is 80.0 Å². The number of hydrogen-bond donors (Lipinski definition) is 1. The molecule has 0 aliphatic heterocycles. The highest BCUT2D eigenvalue weighted by Crippen LogP contribution is 2.26. The number of nitrogens with zero attached hydrogens (tertiary/aromatic N) is 1. The zero-order valence-electron chi connectivity index (χ0n) is 6.50. The van der Waals surface area contributed by atoms with Crippen LogP contribution in [-0.4, -0.2) is 19.2 Å². The maximum atomic E-state index is 9.36. The Morgan fingerprint density at radius 2 is 2.00 bits per heavy atom. The van der Waals surface area contributed by atoms with Crippen molar-refractivity contribution in [3.8, 4) is 5.75 Å². The lowest BCUT2D eigenvalue weighted by Crippen LogP contribution is -2.08. The first-order chi connectivity index (χ1) is 5.11. The topological polar surface area (TPSA) is 23.5 Å². The highest BCUT2D eigenvalue weighted by atomic mass is 127. The van der Waals surface area contributed by atoms with Crippen LogP contribution in [0, 0.1) is 3.57 Å². The van der Waals surface area contributed by atoms with E-state index in [0.29, 0.717) is 5.75 Å². The van der Waals surface area contributed by atoms with E-state index in [2.05, 4.69) is 22.6 Å². The van der Waals surface area contributed by atoms with Crippen molar-refractivity contribution in [3.05, 3.63) is 21.8 Å². The molecule has 1 aromatic carbocycles. The van der Waals surface area contributed by atoms with Gasteiger partial charge in [0.15, 0.2) is 0 Å². The van der Waals surface area contributed by atoms with Crippen LogP contribution < -0.4 is 4.90 Å². The summed E-state index contributed by atoms with van der Waals surface area (Å²) in [5.74, 6) is 0.329. The summed E-state index contributed by atoms with van der Waals surface area (Å²) >= 11 is 2.22. The lowest BCUT2D eigenvalue weighted by molar-refractivity contribution is 0.475. The standard InChI is InChI=1S/C8H10INO/c1-10(2)7-5-6(9)3-4-8(7)11/h3-5,11H,1-2H3. The summed E-state index contributed by atoms with van der Waals surface area (Å²) in [6.07, 6.45) is 0. The number of phenols is 1. The van der Waals surface area contributed by atoms with Crippen LogP contribution in [0.3, 0.4) is 0 Å². The van der Waals surface area contributed by atoms with Crippen LogP contribution in [0.2, 0.25) is 0 Å². The van der Waals surface area contributed by atoms with Crippen molar-refractivity contribution in [1.29, 1.82) is 0 Å². The number of aromatic hydroxyl groups is 1. The van der Waals surface area contributed by atoms with Crippen molar-refractivity contribution in [2.75, 3.05) is 19.0 Å². The predicted molar refractivity (Wildman–Crippen MR) is 55.2 cm³/mol. The molecule has 0 unspecified atom stereocenters. The van der Waals surface area contributed by atoms with E-state index in [1.165, 1.54) is 0 Å². The average molecular weight is 263 g/mol. The predicted octanol–water partition coefficient (Wildman–Crippen LogP) is 2.06. The lowest BCUT2D eigenvalue weighted by Gasteiger charge is -2.13. The Morgan fingerprint density at radius 3 is 2.45 bits per heavy atom. The van der Waals surface area contributed by atoms with Gasteiger partial charge in [-0.15, -0.1) is 0 Å². The Bertz CT molecular complexity index is 260. The fourth-order valence-electron chi connectivity index (χ4n) is 0.855. The van der Waals surface area contributed by atoms with Gasteiger partial charge in [0.2, 0.25) is 0 Å². The average Bonchev–Trinajstić information content (AvgIpc) is 1.94. The van der Waals surface area contributed by atoms with Crippen molar-refractivity contribution in [2.45, 2.75) is 0 Å². The molecule has 0 fully saturated rings. The van der Waals surface area contributed by atoms with Crippen molar-refractivity contribution in [1.82, 2.24) is 0 Å². The van der Waals surface area contributed by atoms with E-state index >= 15 is 0 Å². The van der Waals surface area contributed by atoms with Crippen LogP contribution in [0.15, 0.2) is 18.2 Å². The summed E-state index contributed by atoms with van der Waals surface area (Å²) < 4.78 is 1.13. The number of anilines is 1. The first-order valence-electron chi connectivity index (χ1n) is 3.27.